The van der Waals surface area contributed by atoms with E-state index < -0.39 is 0 Å². The molecule has 3 rings (SSSR count). The van der Waals surface area contributed by atoms with Crippen molar-refractivity contribution in [3.8, 4) is 0 Å². The molecule has 0 aliphatic carbocycles. The molecular formula is C16H21FN2O. The minimum atomic E-state index is -0.175. The number of ether oxygens (including phenoxy) is 1. The Morgan fingerprint density at radius 3 is 2.90 bits per heavy atom. The van der Waals surface area contributed by atoms with Crippen molar-refractivity contribution in [2.24, 2.45) is 0 Å². The highest BCUT2D eigenvalue weighted by atomic mass is 19.1. The van der Waals surface area contributed by atoms with Gasteiger partial charge in [0, 0.05) is 25.2 Å². The largest absolute Gasteiger partial charge is 0.383 e. The number of halogens is 1. The Morgan fingerprint density at radius 1 is 1.35 bits per heavy atom. The molecule has 108 valence electrons. The number of piperidine rings is 1. The highest BCUT2D eigenvalue weighted by molar-refractivity contribution is 5.84. The van der Waals surface area contributed by atoms with Crippen LogP contribution in [0.3, 0.4) is 0 Å². The fraction of sp³-hybridized carbons (Fsp3) is 0.500. The maximum atomic E-state index is 13.5. The molecule has 1 aromatic heterocycles. The van der Waals surface area contributed by atoms with E-state index in [4.69, 9.17) is 4.74 Å². The third-order valence-electron chi connectivity index (χ3n) is 4.19. The lowest BCUT2D eigenvalue weighted by Gasteiger charge is -2.22. The van der Waals surface area contributed by atoms with E-state index in [0.717, 1.165) is 38.0 Å². The van der Waals surface area contributed by atoms with Gasteiger partial charge in [0.2, 0.25) is 0 Å². The SMILES string of the molecule is COCCn1cc(C2CCNCC2)c2ccc(F)cc21. The van der Waals surface area contributed by atoms with Crippen molar-refractivity contribution >= 4 is 10.9 Å². The summed E-state index contributed by atoms with van der Waals surface area (Å²) in [6, 6.07) is 5.12. The van der Waals surface area contributed by atoms with Crippen LogP contribution in [0.5, 0.6) is 0 Å². The normalized spacial score (nSPS) is 16.9. The Bertz CT molecular complexity index is 587. The van der Waals surface area contributed by atoms with Gasteiger partial charge in [-0.2, -0.15) is 0 Å². The fourth-order valence-electron chi connectivity index (χ4n) is 3.13. The molecular weight excluding hydrogens is 255 g/mol. The molecule has 1 saturated heterocycles. The first-order chi connectivity index (χ1) is 9.79. The Labute approximate surface area is 118 Å². The predicted molar refractivity (Wildman–Crippen MR) is 78.6 cm³/mol. The summed E-state index contributed by atoms with van der Waals surface area (Å²) in [5.74, 6) is 0.402. The van der Waals surface area contributed by atoms with Crippen LogP contribution in [-0.4, -0.2) is 31.4 Å². The zero-order valence-corrected chi connectivity index (χ0v) is 11.9. The standard InChI is InChI=1S/C16H21FN2O/c1-20-9-8-19-11-15(12-4-6-18-7-5-12)14-3-2-13(17)10-16(14)19/h2-3,10-12,18H,4-9H2,1H3. The first-order valence-electron chi connectivity index (χ1n) is 7.27. The van der Waals surface area contributed by atoms with Crippen molar-refractivity contribution in [1.82, 2.24) is 9.88 Å². The van der Waals surface area contributed by atoms with Crippen molar-refractivity contribution in [2.75, 3.05) is 26.8 Å². The number of nitrogens with one attached hydrogen (secondary N) is 1. The molecule has 2 heterocycles. The highest BCUT2D eigenvalue weighted by Gasteiger charge is 2.20. The number of aromatic nitrogens is 1. The van der Waals surface area contributed by atoms with Crippen LogP contribution in [0.2, 0.25) is 0 Å². The van der Waals surface area contributed by atoms with Gasteiger partial charge in [-0.25, -0.2) is 4.39 Å². The van der Waals surface area contributed by atoms with E-state index in [2.05, 4.69) is 16.1 Å². The van der Waals surface area contributed by atoms with E-state index in [1.165, 1.54) is 10.9 Å². The molecule has 3 nitrogen and oxygen atoms in total. The topological polar surface area (TPSA) is 26.2 Å². The third kappa shape index (κ3) is 2.58. The van der Waals surface area contributed by atoms with Crippen LogP contribution in [0, 0.1) is 5.82 Å². The molecule has 0 saturated carbocycles. The van der Waals surface area contributed by atoms with Crippen LogP contribution in [0.15, 0.2) is 24.4 Å². The van der Waals surface area contributed by atoms with Crippen LogP contribution in [0.4, 0.5) is 4.39 Å². The lowest BCUT2D eigenvalue weighted by molar-refractivity contribution is 0.188. The molecule has 1 N–H and O–H groups in total. The summed E-state index contributed by atoms with van der Waals surface area (Å²) in [6.45, 7) is 3.54. The smallest absolute Gasteiger partial charge is 0.125 e. The molecule has 1 aliphatic rings. The summed E-state index contributed by atoms with van der Waals surface area (Å²) >= 11 is 0. The van der Waals surface area contributed by atoms with E-state index in [0.29, 0.717) is 12.5 Å². The number of methoxy groups -OCH3 is 1. The second kappa shape index (κ2) is 5.94. The van der Waals surface area contributed by atoms with Gasteiger partial charge in [-0.1, -0.05) is 0 Å². The van der Waals surface area contributed by atoms with Gasteiger partial charge in [0.1, 0.15) is 5.82 Å². The minimum absolute atomic E-state index is 0.175. The molecule has 1 aliphatic heterocycles. The number of nitrogens with zero attached hydrogens (tertiary/aromatic N) is 1. The second-order valence-electron chi connectivity index (χ2n) is 5.46. The van der Waals surface area contributed by atoms with Crippen LogP contribution in [-0.2, 0) is 11.3 Å². The number of fused-ring (bicyclic) bond motifs is 1. The summed E-state index contributed by atoms with van der Waals surface area (Å²) in [4.78, 5) is 0. The van der Waals surface area contributed by atoms with Gasteiger partial charge in [0.15, 0.2) is 0 Å². The van der Waals surface area contributed by atoms with Gasteiger partial charge in [0.05, 0.1) is 12.1 Å². The Hall–Kier alpha value is -1.39. The van der Waals surface area contributed by atoms with E-state index in [-0.39, 0.29) is 5.82 Å². The van der Waals surface area contributed by atoms with E-state index >= 15 is 0 Å². The van der Waals surface area contributed by atoms with Gasteiger partial charge < -0.3 is 14.6 Å². The van der Waals surface area contributed by atoms with Crippen molar-refractivity contribution in [3.63, 3.8) is 0 Å². The lowest BCUT2D eigenvalue weighted by Crippen LogP contribution is -2.26. The van der Waals surface area contributed by atoms with Gasteiger partial charge in [0.25, 0.3) is 0 Å². The quantitative estimate of drug-likeness (QED) is 0.929. The van der Waals surface area contributed by atoms with Crippen molar-refractivity contribution in [3.05, 3.63) is 35.8 Å². The Morgan fingerprint density at radius 2 is 2.15 bits per heavy atom. The van der Waals surface area contributed by atoms with Crippen LogP contribution < -0.4 is 5.32 Å². The highest BCUT2D eigenvalue weighted by Crippen LogP contribution is 2.33. The Kier molecular flexibility index (Phi) is 4.03. The zero-order chi connectivity index (χ0) is 13.9. The number of rotatable bonds is 4. The van der Waals surface area contributed by atoms with E-state index in [1.54, 1.807) is 19.2 Å². The first-order valence-corrected chi connectivity index (χ1v) is 7.27. The van der Waals surface area contributed by atoms with Crippen molar-refractivity contribution in [1.29, 1.82) is 0 Å². The van der Waals surface area contributed by atoms with E-state index in [1.807, 2.05) is 6.07 Å². The average molecular weight is 276 g/mol. The maximum absolute atomic E-state index is 13.5. The molecule has 0 amide bonds. The summed E-state index contributed by atoms with van der Waals surface area (Å²) < 4.78 is 20.8. The zero-order valence-electron chi connectivity index (χ0n) is 11.9. The molecule has 0 radical (unpaired) electrons. The van der Waals surface area contributed by atoms with Crippen LogP contribution in [0.25, 0.3) is 10.9 Å². The fourth-order valence-corrected chi connectivity index (χ4v) is 3.13. The molecule has 0 unspecified atom stereocenters. The molecule has 4 heteroatoms. The first kappa shape index (κ1) is 13.6. The average Bonchev–Trinajstić information content (AvgIpc) is 2.84. The Balaban J connectivity index is 2.02. The second-order valence-corrected chi connectivity index (χ2v) is 5.46. The summed E-state index contributed by atoms with van der Waals surface area (Å²) in [5.41, 5.74) is 2.34. The molecule has 1 aromatic carbocycles. The molecule has 0 bridgehead atoms. The number of benzene rings is 1. The maximum Gasteiger partial charge on any atom is 0.125 e. The summed E-state index contributed by atoms with van der Waals surface area (Å²) in [6.07, 6.45) is 4.50. The minimum Gasteiger partial charge on any atom is -0.383 e. The number of hydrogen-bond acceptors (Lipinski definition) is 2. The third-order valence-corrected chi connectivity index (χ3v) is 4.19. The molecule has 0 spiro atoms. The number of hydrogen-bond donors (Lipinski definition) is 1. The van der Waals surface area contributed by atoms with Crippen LogP contribution in [0.1, 0.15) is 24.3 Å². The monoisotopic (exact) mass is 276 g/mol. The molecule has 0 atom stereocenters. The van der Waals surface area contributed by atoms with Gasteiger partial charge >= 0.3 is 0 Å². The lowest BCUT2D eigenvalue weighted by atomic mass is 9.90. The van der Waals surface area contributed by atoms with Crippen molar-refractivity contribution < 1.29 is 9.13 Å². The summed E-state index contributed by atoms with van der Waals surface area (Å²) in [7, 11) is 1.69. The molecule has 2 aromatic rings. The van der Waals surface area contributed by atoms with Crippen LogP contribution >= 0.6 is 0 Å². The van der Waals surface area contributed by atoms with Gasteiger partial charge in [-0.05, 0) is 55.6 Å². The van der Waals surface area contributed by atoms with Gasteiger partial charge in [-0.15, -0.1) is 0 Å². The van der Waals surface area contributed by atoms with Gasteiger partial charge in [-0.3, -0.25) is 0 Å². The molecule has 20 heavy (non-hydrogen) atoms. The molecule has 1 fully saturated rings. The van der Waals surface area contributed by atoms with E-state index in [9.17, 15) is 4.39 Å². The summed E-state index contributed by atoms with van der Waals surface area (Å²) in [5, 5.41) is 4.59. The predicted octanol–water partition coefficient (Wildman–Crippen LogP) is 2.89. The van der Waals surface area contributed by atoms with Crippen molar-refractivity contribution in [2.45, 2.75) is 25.3 Å².